The van der Waals surface area contributed by atoms with E-state index in [0.29, 0.717) is 24.4 Å². The van der Waals surface area contributed by atoms with E-state index < -0.39 is 37.9 Å². The third-order valence-electron chi connectivity index (χ3n) is 5.81. The zero-order chi connectivity index (χ0) is 24.6. The SMILES string of the molecule is CC(C)(C)C1C(Oc2nc(Cl)nc3c2ccn3COCC[Si](C)(C)C)C(F)CCN1C(=O)O. The number of aromatic nitrogens is 3. The zero-order valence-electron chi connectivity index (χ0n) is 20.1. The highest BCUT2D eigenvalue weighted by Gasteiger charge is 2.48. The maximum absolute atomic E-state index is 15.1. The number of amides is 1. The summed E-state index contributed by atoms with van der Waals surface area (Å²) >= 11 is 6.18. The summed E-state index contributed by atoms with van der Waals surface area (Å²) in [5, 5.41) is 10.2. The van der Waals surface area contributed by atoms with E-state index in [1.807, 2.05) is 20.8 Å². The van der Waals surface area contributed by atoms with Crippen LogP contribution in [0.3, 0.4) is 0 Å². The number of halogens is 2. The first-order valence-electron chi connectivity index (χ1n) is 11.2. The fraction of sp³-hybridized carbons (Fsp3) is 0.682. The summed E-state index contributed by atoms with van der Waals surface area (Å²) in [6.45, 7) is 13.6. The first kappa shape index (κ1) is 25.7. The van der Waals surface area contributed by atoms with Crippen molar-refractivity contribution in [2.45, 2.75) is 77.9 Å². The molecule has 1 aliphatic rings. The summed E-state index contributed by atoms with van der Waals surface area (Å²) in [6.07, 6.45) is -1.61. The van der Waals surface area contributed by atoms with Gasteiger partial charge < -0.3 is 24.0 Å². The van der Waals surface area contributed by atoms with Gasteiger partial charge in [-0.3, -0.25) is 0 Å². The summed E-state index contributed by atoms with van der Waals surface area (Å²) in [5.41, 5.74) is -0.0356. The molecule has 1 amide bonds. The Bertz CT molecular complexity index is 991. The molecule has 3 heterocycles. The Morgan fingerprint density at radius 2 is 2.03 bits per heavy atom. The van der Waals surface area contributed by atoms with Crippen LogP contribution in [0.4, 0.5) is 9.18 Å². The van der Waals surface area contributed by atoms with E-state index >= 15 is 4.39 Å². The van der Waals surface area contributed by atoms with E-state index in [2.05, 4.69) is 29.6 Å². The van der Waals surface area contributed by atoms with Gasteiger partial charge in [-0.05, 0) is 29.1 Å². The van der Waals surface area contributed by atoms with Crippen LogP contribution in [0.15, 0.2) is 12.3 Å². The van der Waals surface area contributed by atoms with Gasteiger partial charge in [0.2, 0.25) is 11.2 Å². The summed E-state index contributed by atoms with van der Waals surface area (Å²) in [6, 6.07) is 2.12. The van der Waals surface area contributed by atoms with E-state index in [1.54, 1.807) is 16.8 Å². The molecule has 3 rings (SSSR count). The number of nitrogens with zero attached hydrogens (tertiary/aromatic N) is 4. The summed E-state index contributed by atoms with van der Waals surface area (Å²) in [5.74, 6) is 0.139. The number of hydrogen-bond acceptors (Lipinski definition) is 5. The summed E-state index contributed by atoms with van der Waals surface area (Å²) in [4.78, 5) is 21.6. The lowest BCUT2D eigenvalue weighted by Gasteiger charge is -2.47. The molecule has 1 saturated heterocycles. The van der Waals surface area contributed by atoms with Gasteiger partial charge >= 0.3 is 6.09 Å². The van der Waals surface area contributed by atoms with Crippen molar-refractivity contribution in [3.8, 4) is 5.88 Å². The molecule has 184 valence electrons. The Labute approximate surface area is 200 Å². The van der Waals surface area contributed by atoms with Gasteiger partial charge in [-0.1, -0.05) is 40.4 Å². The number of rotatable bonds is 7. The van der Waals surface area contributed by atoms with Crippen molar-refractivity contribution in [2.24, 2.45) is 5.41 Å². The molecule has 8 nitrogen and oxygen atoms in total. The Kier molecular flexibility index (Phi) is 7.60. The Hall–Kier alpha value is -1.91. The van der Waals surface area contributed by atoms with Crippen LogP contribution in [0.25, 0.3) is 11.0 Å². The zero-order valence-corrected chi connectivity index (χ0v) is 21.9. The van der Waals surface area contributed by atoms with Crippen molar-refractivity contribution in [2.75, 3.05) is 13.2 Å². The Morgan fingerprint density at radius 1 is 1.33 bits per heavy atom. The van der Waals surface area contributed by atoms with E-state index in [1.165, 1.54) is 4.90 Å². The predicted octanol–water partition coefficient (Wildman–Crippen LogP) is 5.28. The smallest absolute Gasteiger partial charge is 0.407 e. The third-order valence-corrected chi connectivity index (χ3v) is 7.69. The largest absolute Gasteiger partial charge is 0.468 e. The van der Waals surface area contributed by atoms with Crippen LogP contribution >= 0.6 is 11.6 Å². The van der Waals surface area contributed by atoms with Crippen molar-refractivity contribution in [3.63, 3.8) is 0 Å². The van der Waals surface area contributed by atoms with Gasteiger partial charge in [0.25, 0.3) is 0 Å². The van der Waals surface area contributed by atoms with Gasteiger partial charge in [0.1, 0.15) is 12.9 Å². The minimum Gasteiger partial charge on any atom is -0.468 e. The van der Waals surface area contributed by atoms with Crippen LogP contribution in [-0.4, -0.2) is 70.2 Å². The average molecular weight is 501 g/mol. The molecule has 1 fully saturated rings. The van der Waals surface area contributed by atoms with Gasteiger partial charge in [-0.2, -0.15) is 9.97 Å². The van der Waals surface area contributed by atoms with Gasteiger partial charge in [-0.25, -0.2) is 9.18 Å². The van der Waals surface area contributed by atoms with Crippen LogP contribution < -0.4 is 4.74 Å². The molecular formula is C22H34ClFN4O4Si. The number of piperidine rings is 1. The number of alkyl halides is 1. The molecule has 0 bridgehead atoms. The molecule has 0 aliphatic carbocycles. The van der Waals surface area contributed by atoms with Crippen LogP contribution in [-0.2, 0) is 11.5 Å². The molecule has 3 atom stereocenters. The highest BCUT2D eigenvalue weighted by Crippen LogP contribution is 2.37. The summed E-state index contributed by atoms with van der Waals surface area (Å²) in [7, 11) is -1.20. The van der Waals surface area contributed by atoms with Crippen molar-refractivity contribution < 1.29 is 23.8 Å². The first-order valence-corrected chi connectivity index (χ1v) is 15.3. The van der Waals surface area contributed by atoms with Gasteiger partial charge in [0.15, 0.2) is 11.8 Å². The molecule has 0 aromatic carbocycles. The highest BCUT2D eigenvalue weighted by molar-refractivity contribution is 6.76. The lowest BCUT2D eigenvalue weighted by atomic mass is 9.78. The normalized spacial score (nSPS) is 22.1. The summed E-state index contributed by atoms with van der Waals surface area (Å²) < 4.78 is 28.9. The van der Waals surface area contributed by atoms with Gasteiger partial charge in [0.05, 0.1) is 11.4 Å². The number of hydrogen-bond donors (Lipinski definition) is 1. The topological polar surface area (TPSA) is 89.7 Å². The molecular weight excluding hydrogens is 467 g/mol. The van der Waals surface area contributed by atoms with Crippen LogP contribution in [0, 0.1) is 5.41 Å². The van der Waals surface area contributed by atoms with Crippen molar-refractivity contribution in [3.05, 3.63) is 17.5 Å². The van der Waals surface area contributed by atoms with Crippen LogP contribution in [0.1, 0.15) is 27.2 Å². The molecule has 1 N–H and O–H groups in total. The third kappa shape index (κ3) is 6.16. The number of likely N-dealkylation sites (tertiary alicyclic amines) is 1. The fourth-order valence-electron chi connectivity index (χ4n) is 4.13. The van der Waals surface area contributed by atoms with Crippen molar-refractivity contribution in [1.82, 2.24) is 19.4 Å². The molecule has 3 unspecified atom stereocenters. The lowest BCUT2D eigenvalue weighted by molar-refractivity contribution is -0.0597. The Morgan fingerprint density at radius 3 is 2.64 bits per heavy atom. The predicted molar refractivity (Wildman–Crippen MR) is 129 cm³/mol. The standard InChI is InChI=1S/C22H34ClFN4O4Si/c1-22(2,3)17-16(15(24)8-10-28(17)21(29)30)32-19-14-7-9-27(18(14)25-20(23)26-19)13-31-11-12-33(4,5)6/h7,9,15-17H,8,10-13H2,1-6H3,(H,29,30). The first-order chi connectivity index (χ1) is 15.3. The minimum absolute atomic E-state index is 0.0341. The van der Waals surface area contributed by atoms with Crippen molar-refractivity contribution >= 4 is 36.8 Å². The van der Waals surface area contributed by atoms with Crippen molar-refractivity contribution in [1.29, 1.82) is 0 Å². The number of fused-ring (bicyclic) bond motifs is 1. The second-order valence-corrected chi connectivity index (χ2v) is 16.8. The molecule has 0 spiro atoms. The maximum Gasteiger partial charge on any atom is 0.407 e. The molecule has 11 heteroatoms. The van der Waals surface area contributed by atoms with E-state index in [4.69, 9.17) is 21.1 Å². The van der Waals surface area contributed by atoms with Crippen LogP contribution in [0.5, 0.6) is 5.88 Å². The second kappa shape index (κ2) is 9.75. The maximum atomic E-state index is 15.1. The van der Waals surface area contributed by atoms with E-state index in [9.17, 15) is 9.90 Å². The quantitative estimate of drug-likeness (QED) is 0.316. The Balaban J connectivity index is 1.88. The van der Waals surface area contributed by atoms with E-state index in [0.717, 1.165) is 6.04 Å². The average Bonchev–Trinajstić information content (AvgIpc) is 3.07. The molecule has 2 aromatic rings. The fourth-order valence-corrected chi connectivity index (χ4v) is 5.04. The number of carboxylic acid groups (broad SMARTS) is 1. The highest BCUT2D eigenvalue weighted by atomic mass is 35.5. The molecule has 1 aliphatic heterocycles. The van der Waals surface area contributed by atoms with Crippen LogP contribution in [0.2, 0.25) is 31.0 Å². The molecule has 0 saturated carbocycles. The lowest BCUT2D eigenvalue weighted by Crippen LogP contribution is -2.62. The molecule has 0 radical (unpaired) electrons. The molecule has 33 heavy (non-hydrogen) atoms. The minimum atomic E-state index is -1.35. The molecule has 2 aromatic heterocycles. The monoisotopic (exact) mass is 500 g/mol. The number of ether oxygens (including phenoxy) is 2. The van der Waals surface area contributed by atoms with Gasteiger partial charge in [0, 0.05) is 33.8 Å². The number of carbonyl (C=O) groups is 1. The van der Waals surface area contributed by atoms with E-state index in [-0.39, 0.29) is 24.1 Å². The second-order valence-electron chi connectivity index (χ2n) is 10.8. The van der Waals surface area contributed by atoms with Gasteiger partial charge in [-0.15, -0.1) is 0 Å².